The van der Waals surface area contributed by atoms with E-state index < -0.39 is 18.0 Å². The number of hydrogen-bond acceptors (Lipinski definition) is 33. The van der Waals surface area contributed by atoms with Gasteiger partial charge in [-0.05, 0) is 38.1 Å². The van der Waals surface area contributed by atoms with Crippen LogP contribution in [0.4, 0.5) is 4.79 Å². The van der Waals surface area contributed by atoms with Crippen molar-refractivity contribution >= 4 is 18.0 Å². The number of hydrogen-bond donors (Lipinski definition) is 1. The summed E-state index contributed by atoms with van der Waals surface area (Å²) in [6.07, 6.45) is 2.21. The molecule has 0 atom stereocenters. The maximum atomic E-state index is 11.3. The average Bonchev–Trinajstić information content (AvgIpc) is 0.945. The van der Waals surface area contributed by atoms with Gasteiger partial charge in [0.05, 0.1) is 350 Å². The van der Waals surface area contributed by atoms with E-state index in [1.165, 1.54) is 11.1 Å². The normalized spacial score (nSPS) is 11.2. The van der Waals surface area contributed by atoms with Crippen LogP contribution in [0.2, 0.25) is 0 Å². The van der Waals surface area contributed by atoms with Gasteiger partial charge in [-0.1, -0.05) is 48.6 Å². The Morgan fingerprint density at radius 3 is 0.616 bits per heavy atom. The predicted octanol–water partition coefficient (Wildman–Crippen LogP) is 4.74. The second kappa shape index (κ2) is 89.7. The molecule has 2 aromatic rings. The van der Waals surface area contributed by atoms with E-state index in [4.69, 9.17) is 142 Å². The molecule has 0 aliphatic carbocycles. The van der Waals surface area contributed by atoms with Crippen molar-refractivity contribution in [3.8, 4) is 11.5 Å². The fourth-order valence-electron chi connectivity index (χ4n) is 7.96. The molecule has 0 radical (unpaired) electrons. The first kappa shape index (κ1) is 105. The third-order valence-electron chi connectivity index (χ3n) is 13.7. The van der Waals surface area contributed by atoms with E-state index in [9.17, 15) is 14.4 Å². The van der Waals surface area contributed by atoms with Gasteiger partial charge in [-0.25, -0.2) is 14.4 Å². The molecule has 1 N–H and O–H groups in total. The second-order valence-electron chi connectivity index (χ2n) is 22.8. The summed E-state index contributed by atoms with van der Waals surface area (Å²) >= 11 is 0. The van der Waals surface area contributed by atoms with Crippen LogP contribution in [0.1, 0.15) is 17.5 Å². The zero-order valence-corrected chi connectivity index (χ0v) is 67.0. The van der Waals surface area contributed by atoms with Crippen molar-refractivity contribution in [3.63, 3.8) is 0 Å². The number of carbonyl (C=O) groups excluding carboxylic acids is 3. The molecule has 0 aliphatic rings. The van der Waals surface area contributed by atoms with E-state index in [1.54, 1.807) is 0 Å². The highest BCUT2D eigenvalue weighted by Crippen LogP contribution is 2.12. The Balaban J connectivity index is 0.00000243. The number of ether oxygens (including phenoxy) is 30. The summed E-state index contributed by atoms with van der Waals surface area (Å²) in [5, 5.41) is 2.46. The van der Waals surface area contributed by atoms with Crippen LogP contribution in [0.5, 0.6) is 11.5 Å². The molecular weight excluding hydrogens is 1480 g/mol. The summed E-state index contributed by atoms with van der Waals surface area (Å²) in [5.41, 5.74) is 2.38. The van der Waals surface area contributed by atoms with Crippen LogP contribution in [0.15, 0.2) is 73.8 Å². The maximum Gasteiger partial charge on any atom is 0.407 e. The predicted molar refractivity (Wildman–Crippen MR) is 410 cm³/mol. The lowest BCUT2D eigenvalue weighted by Crippen LogP contribution is -2.29. The quantitative estimate of drug-likeness (QED) is 0.0404. The second-order valence-corrected chi connectivity index (χ2v) is 22.8. The Hall–Kier alpha value is -5.27. The van der Waals surface area contributed by atoms with Crippen LogP contribution in [0, 0.1) is 13.8 Å². The van der Waals surface area contributed by atoms with Crippen molar-refractivity contribution in [1.29, 1.82) is 0 Å². The van der Waals surface area contributed by atoms with Gasteiger partial charge in [-0.2, -0.15) is 0 Å². The standard InChI is InChI=1S/C62H114O28.C16H21NO5/c1-3-62(63)90-59-57-88-55-53-86-51-49-84-47-45-82-43-41-80-39-37-78-35-33-76-31-29-74-27-25-72-23-21-70-19-17-68-15-13-66-11-9-64-8-10-65-12-14-67-16-18-69-20-22-71-24-26-73-28-30-75-32-34-77-36-38-79-40-42-81-44-46-83-48-50-85-52-54-87-56-58-89-61-6-4-60(2)5-7-61;1-3-15(18)21-12-9-17-16(19)22-11-4-10-20-14-7-5-13(2)6-8-14/h3-7H,1,8-59H2,2H3;3,5-8H,1,4,9-12H2,2H3,(H,17,19). The first-order chi connectivity index (χ1) is 55.3. The van der Waals surface area contributed by atoms with Crippen LogP contribution in [-0.2, 0) is 142 Å². The van der Waals surface area contributed by atoms with Crippen molar-refractivity contribution in [1.82, 2.24) is 5.32 Å². The number of rotatable bonds is 89. The summed E-state index contributed by atoms with van der Waals surface area (Å²) < 4.78 is 163. The van der Waals surface area contributed by atoms with Gasteiger partial charge in [0, 0.05) is 18.6 Å². The highest BCUT2D eigenvalue weighted by Gasteiger charge is 2.06. The number of amides is 1. The SMILES string of the molecule is C=CC(=O)OCCNC(=O)OCCCOc1ccc(C)cc1.C=CC(=O)OCCOCCOCCOCCOCCOCCOCCOCCOCCOCCOCCOCCOCCOCCOCCOCCOCCOCCOCCOCCOCCOCCOCCOCCOCCOCCOc1ccc(C)cc1. The third kappa shape index (κ3) is 84.1. The molecule has 0 aromatic heterocycles. The Labute approximate surface area is 664 Å². The Morgan fingerprint density at radius 1 is 0.232 bits per heavy atom. The maximum absolute atomic E-state index is 11.3. The molecule has 0 fully saturated rings. The van der Waals surface area contributed by atoms with Crippen molar-refractivity contribution in [2.75, 3.05) is 370 Å². The van der Waals surface area contributed by atoms with Gasteiger partial charge >= 0.3 is 18.0 Å². The molecule has 0 saturated heterocycles. The number of nitrogens with one attached hydrogen (secondary N) is 1. The summed E-state index contributed by atoms with van der Waals surface area (Å²) in [7, 11) is 0. The molecule has 0 aliphatic heterocycles. The molecule has 0 saturated carbocycles. The fourth-order valence-corrected chi connectivity index (χ4v) is 7.96. The van der Waals surface area contributed by atoms with Crippen LogP contribution in [0.25, 0.3) is 0 Å². The third-order valence-corrected chi connectivity index (χ3v) is 13.7. The molecule has 650 valence electrons. The van der Waals surface area contributed by atoms with E-state index in [-0.39, 0.29) is 26.4 Å². The Bertz CT molecular complexity index is 2290. The van der Waals surface area contributed by atoms with E-state index >= 15 is 0 Å². The van der Waals surface area contributed by atoms with Crippen LogP contribution in [-0.4, -0.2) is 388 Å². The van der Waals surface area contributed by atoms with E-state index in [0.717, 1.165) is 23.7 Å². The molecule has 2 aromatic carbocycles. The summed E-state index contributed by atoms with van der Waals surface area (Å²) in [5.74, 6) is 0.645. The minimum atomic E-state index is -0.551. The number of benzene rings is 2. The van der Waals surface area contributed by atoms with Crippen molar-refractivity contribution < 1.29 is 156 Å². The molecule has 2 rings (SSSR count). The Morgan fingerprint density at radius 2 is 0.411 bits per heavy atom. The molecule has 34 nitrogen and oxygen atoms in total. The summed E-state index contributed by atoms with van der Waals surface area (Å²) in [6.45, 7) is 36.2. The monoisotopic (exact) mass is 1610 g/mol. The first-order valence-electron chi connectivity index (χ1n) is 38.7. The van der Waals surface area contributed by atoms with Gasteiger partial charge in [0.15, 0.2) is 0 Å². The summed E-state index contributed by atoms with van der Waals surface area (Å²) in [6, 6.07) is 15.7. The topological polar surface area (TPSA) is 340 Å². The minimum Gasteiger partial charge on any atom is -0.493 e. The lowest BCUT2D eigenvalue weighted by molar-refractivity contribution is -0.139. The molecule has 0 unspecified atom stereocenters. The van der Waals surface area contributed by atoms with Gasteiger partial charge in [0.1, 0.15) is 31.3 Å². The van der Waals surface area contributed by atoms with Crippen LogP contribution >= 0.6 is 0 Å². The number of carbonyl (C=O) groups is 3. The number of aryl methyl sites for hydroxylation is 2. The minimum absolute atomic E-state index is 0.0798. The lowest BCUT2D eigenvalue weighted by Gasteiger charge is -2.09. The van der Waals surface area contributed by atoms with Gasteiger partial charge in [0.2, 0.25) is 0 Å². The van der Waals surface area contributed by atoms with E-state index in [0.29, 0.717) is 350 Å². The highest BCUT2D eigenvalue weighted by molar-refractivity contribution is 5.81. The van der Waals surface area contributed by atoms with E-state index in [2.05, 4.69) is 18.5 Å². The zero-order chi connectivity index (χ0) is 80.3. The van der Waals surface area contributed by atoms with Crippen LogP contribution in [0.3, 0.4) is 0 Å². The van der Waals surface area contributed by atoms with Gasteiger partial charge in [0.25, 0.3) is 0 Å². The van der Waals surface area contributed by atoms with Gasteiger partial charge in [-0.3, -0.25) is 0 Å². The smallest absolute Gasteiger partial charge is 0.407 e. The van der Waals surface area contributed by atoms with Crippen LogP contribution < -0.4 is 14.8 Å². The molecule has 34 heteroatoms. The molecule has 0 spiro atoms. The first-order valence-corrected chi connectivity index (χ1v) is 38.7. The number of alkyl carbamates (subject to hydrolysis) is 1. The molecule has 1 amide bonds. The van der Waals surface area contributed by atoms with Gasteiger partial charge < -0.3 is 147 Å². The zero-order valence-electron chi connectivity index (χ0n) is 67.0. The van der Waals surface area contributed by atoms with Crippen molar-refractivity contribution in [3.05, 3.63) is 85.0 Å². The van der Waals surface area contributed by atoms with Crippen molar-refractivity contribution in [2.45, 2.75) is 20.3 Å². The molecular formula is C78H135NO33. The largest absolute Gasteiger partial charge is 0.493 e. The molecule has 0 heterocycles. The summed E-state index contributed by atoms with van der Waals surface area (Å²) in [4.78, 5) is 32.9. The Kier molecular flexibility index (Phi) is 83.8. The highest BCUT2D eigenvalue weighted by atomic mass is 16.6. The molecule has 112 heavy (non-hydrogen) atoms. The van der Waals surface area contributed by atoms with Gasteiger partial charge in [-0.15, -0.1) is 0 Å². The fraction of sp³-hybridized carbons (Fsp3) is 0.756. The molecule has 0 bridgehead atoms. The van der Waals surface area contributed by atoms with Crippen molar-refractivity contribution in [2.24, 2.45) is 0 Å². The number of esters is 2. The lowest BCUT2D eigenvalue weighted by atomic mass is 10.2. The average molecular weight is 1610 g/mol. The van der Waals surface area contributed by atoms with E-state index in [1.807, 2.05) is 62.4 Å².